The van der Waals surface area contributed by atoms with Crippen LogP contribution in [0.4, 0.5) is 0 Å². The highest BCUT2D eigenvalue weighted by Gasteiger charge is 2.19. The number of aryl methyl sites for hydroxylation is 1. The summed E-state index contributed by atoms with van der Waals surface area (Å²) in [6, 6.07) is 12.2. The molecule has 5 heteroatoms. The molecule has 26 heavy (non-hydrogen) atoms. The van der Waals surface area contributed by atoms with E-state index in [1.807, 2.05) is 6.07 Å². The molecule has 0 saturated carbocycles. The fourth-order valence-corrected chi connectivity index (χ4v) is 3.79. The summed E-state index contributed by atoms with van der Waals surface area (Å²) in [4.78, 5) is 14.5. The van der Waals surface area contributed by atoms with Crippen LogP contribution < -0.4 is 0 Å². The summed E-state index contributed by atoms with van der Waals surface area (Å²) >= 11 is 0. The van der Waals surface area contributed by atoms with Crippen LogP contribution in [-0.4, -0.2) is 46.3 Å². The maximum Gasteiger partial charge on any atom is 0.142 e. The van der Waals surface area contributed by atoms with Gasteiger partial charge < -0.3 is 10.1 Å². The standard InChI is InChI=1S/C21H24N4O/c1-22-13-19-21(26)9-8-15(23-19)5-4-11-25-12-10-17-16-6-2-3-7-18(16)24-20(17)14-25/h2-3,6-9,13,24,26H,4-5,10-12,14H2,1H3/b22-13+. The molecule has 0 amide bonds. The van der Waals surface area contributed by atoms with E-state index >= 15 is 0 Å². The van der Waals surface area contributed by atoms with E-state index in [4.69, 9.17) is 0 Å². The van der Waals surface area contributed by atoms with Gasteiger partial charge in [-0.15, -0.1) is 0 Å². The number of aromatic amines is 1. The predicted octanol–water partition coefficient (Wildman–Crippen LogP) is 3.31. The quantitative estimate of drug-likeness (QED) is 0.695. The number of nitrogens with zero attached hydrogens (tertiary/aromatic N) is 3. The first kappa shape index (κ1) is 16.8. The Morgan fingerprint density at radius 3 is 3.04 bits per heavy atom. The molecule has 0 atom stereocenters. The van der Waals surface area contributed by atoms with E-state index in [0.717, 1.165) is 44.6 Å². The summed E-state index contributed by atoms with van der Waals surface area (Å²) < 4.78 is 0. The summed E-state index contributed by atoms with van der Waals surface area (Å²) in [5.74, 6) is 0.182. The Bertz CT molecular complexity index is 944. The molecule has 2 aromatic heterocycles. The van der Waals surface area contributed by atoms with Gasteiger partial charge in [0.15, 0.2) is 0 Å². The van der Waals surface area contributed by atoms with Gasteiger partial charge in [0.1, 0.15) is 11.4 Å². The van der Waals surface area contributed by atoms with Gasteiger partial charge in [0.25, 0.3) is 0 Å². The number of para-hydroxylation sites is 1. The Morgan fingerprint density at radius 2 is 2.15 bits per heavy atom. The van der Waals surface area contributed by atoms with Crippen molar-refractivity contribution in [3.05, 3.63) is 59.0 Å². The lowest BCUT2D eigenvalue weighted by molar-refractivity contribution is 0.249. The Labute approximate surface area is 153 Å². The lowest BCUT2D eigenvalue weighted by atomic mass is 10.0. The molecule has 1 aliphatic heterocycles. The Morgan fingerprint density at radius 1 is 1.27 bits per heavy atom. The lowest BCUT2D eigenvalue weighted by Gasteiger charge is -2.26. The van der Waals surface area contributed by atoms with Crippen molar-refractivity contribution >= 4 is 17.1 Å². The third kappa shape index (κ3) is 3.35. The zero-order chi connectivity index (χ0) is 17.9. The van der Waals surface area contributed by atoms with E-state index in [2.05, 4.69) is 44.1 Å². The molecule has 3 aromatic rings. The highest BCUT2D eigenvalue weighted by Crippen LogP contribution is 2.27. The summed E-state index contributed by atoms with van der Waals surface area (Å²) in [5.41, 5.74) is 5.65. The fraction of sp³-hybridized carbons (Fsp3) is 0.333. The van der Waals surface area contributed by atoms with Crippen LogP contribution in [0.1, 0.15) is 29.1 Å². The van der Waals surface area contributed by atoms with Gasteiger partial charge in [-0.25, -0.2) is 4.98 Å². The Kier molecular flexibility index (Phi) is 4.71. The molecule has 1 aromatic carbocycles. The average Bonchev–Trinajstić information content (AvgIpc) is 3.02. The van der Waals surface area contributed by atoms with E-state index in [1.165, 1.54) is 22.2 Å². The first-order chi connectivity index (χ1) is 12.7. The smallest absolute Gasteiger partial charge is 0.142 e. The monoisotopic (exact) mass is 348 g/mol. The maximum absolute atomic E-state index is 9.78. The molecule has 5 nitrogen and oxygen atoms in total. The number of benzene rings is 1. The van der Waals surface area contributed by atoms with Crippen molar-refractivity contribution in [2.45, 2.75) is 25.8 Å². The maximum atomic E-state index is 9.78. The second-order valence-corrected chi connectivity index (χ2v) is 6.85. The molecule has 0 bridgehead atoms. The second-order valence-electron chi connectivity index (χ2n) is 6.85. The van der Waals surface area contributed by atoms with Gasteiger partial charge >= 0.3 is 0 Å². The highest BCUT2D eigenvalue weighted by molar-refractivity contribution is 5.84. The number of fused-ring (bicyclic) bond motifs is 3. The summed E-state index contributed by atoms with van der Waals surface area (Å²) in [6.07, 6.45) is 4.66. The first-order valence-electron chi connectivity index (χ1n) is 9.16. The Hall–Kier alpha value is -2.66. The molecule has 0 aliphatic carbocycles. The van der Waals surface area contributed by atoms with E-state index in [9.17, 15) is 5.11 Å². The van der Waals surface area contributed by atoms with Gasteiger partial charge in [-0.3, -0.25) is 9.89 Å². The third-order valence-electron chi connectivity index (χ3n) is 5.08. The number of H-pyrrole nitrogens is 1. The summed E-state index contributed by atoms with van der Waals surface area (Å²) in [6.45, 7) is 3.14. The first-order valence-corrected chi connectivity index (χ1v) is 9.16. The van der Waals surface area contributed by atoms with E-state index in [-0.39, 0.29) is 5.75 Å². The summed E-state index contributed by atoms with van der Waals surface area (Å²) in [7, 11) is 1.68. The number of aliphatic imine (C=N–C) groups is 1. The number of hydrogen-bond acceptors (Lipinski definition) is 4. The molecule has 1 aliphatic rings. The molecule has 3 heterocycles. The van der Waals surface area contributed by atoms with Crippen molar-refractivity contribution in [2.24, 2.45) is 4.99 Å². The largest absolute Gasteiger partial charge is 0.506 e. The molecule has 0 spiro atoms. The van der Waals surface area contributed by atoms with Crippen LogP contribution in [0.2, 0.25) is 0 Å². The van der Waals surface area contributed by atoms with E-state index < -0.39 is 0 Å². The molecule has 2 N–H and O–H groups in total. The number of aromatic nitrogens is 2. The minimum Gasteiger partial charge on any atom is -0.506 e. The number of nitrogens with one attached hydrogen (secondary N) is 1. The SMILES string of the molecule is C/N=C/c1nc(CCCN2CCc3c([nH]c4ccccc34)C2)ccc1O. The van der Waals surface area contributed by atoms with Crippen molar-refractivity contribution in [1.82, 2.24) is 14.9 Å². The minimum atomic E-state index is 0.182. The van der Waals surface area contributed by atoms with Crippen LogP contribution >= 0.6 is 0 Å². The predicted molar refractivity (Wildman–Crippen MR) is 105 cm³/mol. The van der Waals surface area contributed by atoms with Gasteiger partial charge in [0, 0.05) is 42.4 Å². The highest BCUT2D eigenvalue weighted by atomic mass is 16.3. The normalized spacial score (nSPS) is 15.0. The topological polar surface area (TPSA) is 64.5 Å². The van der Waals surface area contributed by atoms with Gasteiger partial charge in [-0.2, -0.15) is 0 Å². The molecule has 0 radical (unpaired) electrons. The van der Waals surface area contributed by atoms with E-state index in [1.54, 1.807) is 19.3 Å². The van der Waals surface area contributed by atoms with Crippen molar-refractivity contribution in [3.8, 4) is 5.75 Å². The van der Waals surface area contributed by atoms with Crippen molar-refractivity contribution in [2.75, 3.05) is 20.1 Å². The minimum absolute atomic E-state index is 0.182. The molecule has 134 valence electrons. The second kappa shape index (κ2) is 7.30. The van der Waals surface area contributed by atoms with Gasteiger partial charge in [-0.1, -0.05) is 18.2 Å². The number of hydrogen-bond donors (Lipinski definition) is 2. The molecular formula is C21H24N4O. The van der Waals surface area contributed by atoms with Crippen LogP contribution in [0.15, 0.2) is 41.4 Å². The fourth-order valence-electron chi connectivity index (χ4n) is 3.79. The molecule has 0 saturated heterocycles. The zero-order valence-corrected chi connectivity index (χ0v) is 15.1. The third-order valence-corrected chi connectivity index (χ3v) is 5.08. The number of pyridine rings is 1. The van der Waals surface area contributed by atoms with Crippen molar-refractivity contribution in [1.29, 1.82) is 0 Å². The lowest BCUT2D eigenvalue weighted by Crippen LogP contribution is -2.31. The zero-order valence-electron chi connectivity index (χ0n) is 15.1. The van der Waals surface area contributed by atoms with Gasteiger partial charge in [-0.05, 0) is 49.6 Å². The van der Waals surface area contributed by atoms with Crippen LogP contribution in [0.25, 0.3) is 10.9 Å². The van der Waals surface area contributed by atoms with Crippen LogP contribution in [0.5, 0.6) is 5.75 Å². The molecule has 0 fully saturated rings. The molecule has 4 rings (SSSR count). The van der Waals surface area contributed by atoms with Gasteiger partial charge in [0.2, 0.25) is 0 Å². The van der Waals surface area contributed by atoms with Gasteiger partial charge in [0.05, 0.1) is 6.21 Å². The van der Waals surface area contributed by atoms with Crippen LogP contribution in [0, 0.1) is 0 Å². The van der Waals surface area contributed by atoms with Crippen molar-refractivity contribution < 1.29 is 5.11 Å². The summed E-state index contributed by atoms with van der Waals surface area (Å²) in [5, 5.41) is 11.2. The molecular weight excluding hydrogens is 324 g/mol. The Balaban J connectivity index is 1.37. The van der Waals surface area contributed by atoms with Crippen molar-refractivity contribution in [3.63, 3.8) is 0 Å². The van der Waals surface area contributed by atoms with E-state index in [0.29, 0.717) is 5.69 Å². The number of rotatable bonds is 5. The molecule has 0 unspecified atom stereocenters. The van der Waals surface area contributed by atoms with Crippen LogP contribution in [0.3, 0.4) is 0 Å². The van der Waals surface area contributed by atoms with Crippen LogP contribution in [-0.2, 0) is 19.4 Å². The number of aromatic hydroxyl groups is 1. The average molecular weight is 348 g/mol.